The van der Waals surface area contributed by atoms with E-state index >= 15 is 0 Å². The summed E-state index contributed by atoms with van der Waals surface area (Å²) in [5.41, 5.74) is 6.28. The Kier molecular flexibility index (Phi) is 1.23. The van der Waals surface area contributed by atoms with Crippen LogP contribution in [-0.4, -0.2) is 5.78 Å². The summed E-state index contributed by atoms with van der Waals surface area (Å²) in [6, 6.07) is 0. The third-order valence-corrected chi connectivity index (χ3v) is 1.09. The van der Waals surface area contributed by atoms with Crippen LogP contribution in [0.4, 0.5) is 0 Å². The Bertz CT molecular complexity index is 223. The second kappa shape index (κ2) is 1.90. The predicted octanol–water partition coefficient (Wildman–Crippen LogP) is 0.524. The lowest BCUT2D eigenvalue weighted by Crippen LogP contribution is -2.05. The Labute approximate surface area is 53.4 Å². The fourth-order valence-electron chi connectivity index (χ4n) is 0.571. The third kappa shape index (κ3) is 1.08. The third-order valence-electron chi connectivity index (χ3n) is 1.09. The second-order valence-corrected chi connectivity index (χ2v) is 1.87. The molecule has 0 saturated carbocycles. The topological polar surface area (TPSA) is 43.1 Å². The molecule has 0 aromatic heterocycles. The molecule has 0 bridgehead atoms. The summed E-state index contributed by atoms with van der Waals surface area (Å²) < 4.78 is 0. The largest absolute Gasteiger partial charge is 0.399 e. The van der Waals surface area contributed by atoms with Crippen molar-refractivity contribution in [2.45, 2.75) is 0 Å². The van der Waals surface area contributed by atoms with Gasteiger partial charge < -0.3 is 5.73 Å². The zero-order valence-electron chi connectivity index (χ0n) is 4.92. The summed E-state index contributed by atoms with van der Waals surface area (Å²) >= 11 is 0. The Morgan fingerprint density at radius 2 is 2.11 bits per heavy atom. The van der Waals surface area contributed by atoms with E-state index in [9.17, 15) is 4.79 Å². The van der Waals surface area contributed by atoms with Crippen LogP contribution in [0, 0.1) is 0 Å². The molecule has 2 N–H and O–H groups in total. The molecule has 0 saturated heterocycles. The molecule has 0 heterocycles. The van der Waals surface area contributed by atoms with Gasteiger partial charge in [-0.3, -0.25) is 4.79 Å². The van der Waals surface area contributed by atoms with Crippen LogP contribution in [0.25, 0.3) is 0 Å². The summed E-state index contributed by atoms with van der Waals surface area (Å²) in [4.78, 5) is 10.7. The van der Waals surface area contributed by atoms with E-state index in [0.29, 0.717) is 11.3 Å². The summed E-state index contributed by atoms with van der Waals surface area (Å²) in [5, 5.41) is 0. The van der Waals surface area contributed by atoms with Crippen LogP contribution in [0.1, 0.15) is 0 Å². The number of rotatable bonds is 0. The van der Waals surface area contributed by atoms with Crippen molar-refractivity contribution in [1.29, 1.82) is 0 Å². The van der Waals surface area contributed by atoms with E-state index in [2.05, 4.69) is 6.58 Å². The van der Waals surface area contributed by atoms with Gasteiger partial charge in [-0.25, -0.2) is 0 Å². The summed E-state index contributed by atoms with van der Waals surface area (Å²) in [6.45, 7) is 3.49. The number of allylic oxidation sites excluding steroid dienone is 4. The molecule has 1 aliphatic rings. The van der Waals surface area contributed by atoms with Crippen LogP contribution in [-0.2, 0) is 4.79 Å². The maximum Gasteiger partial charge on any atom is 0.187 e. The van der Waals surface area contributed by atoms with Gasteiger partial charge in [-0.2, -0.15) is 0 Å². The first-order chi connectivity index (χ1) is 4.20. The van der Waals surface area contributed by atoms with Crippen LogP contribution in [0.15, 0.2) is 36.1 Å². The van der Waals surface area contributed by atoms with Gasteiger partial charge in [0, 0.05) is 17.3 Å². The first-order valence-electron chi connectivity index (χ1n) is 2.58. The highest BCUT2D eigenvalue weighted by Crippen LogP contribution is 2.05. The molecule has 0 spiro atoms. The highest BCUT2D eigenvalue weighted by Gasteiger charge is 2.04. The molecule has 2 heteroatoms. The zero-order chi connectivity index (χ0) is 6.85. The molecule has 0 atom stereocenters. The molecule has 46 valence electrons. The van der Waals surface area contributed by atoms with E-state index in [4.69, 9.17) is 5.73 Å². The van der Waals surface area contributed by atoms with Crippen molar-refractivity contribution < 1.29 is 4.79 Å². The van der Waals surface area contributed by atoms with Gasteiger partial charge >= 0.3 is 0 Å². The van der Waals surface area contributed by atoms with Gasteiger partial charge in [0.15, 0.2) is 5.78 Å². The van der Waals surface area contributed by atoms with Crippen LogP contribution in [0.3, 0.4) is 0 Å². The molecule has 0 unspecified atom stereocenters. The van der Waals surface area contributed by atoms with Crippen molar-refractivity contribution in [3.05, 3.63) is 36.1 Å². The van der Waals surface area contributed by atoms with Gasteiger partial charge in [-0.05, 0) is 12.2 Å². The molecular weight excluding hydrogens is 114 g/mol. The van der Waals surface area contributed by atoms with Crippen LogP contribution < -0.4 is 5.73 Å². The molecule has 1 rings (SSSR count). The average Bonchev–Trinajstić information content (AvgIpc) is 1.80. The monoisotopic (exact) mass is 121 g/mol. The normalized spacial score (nSPS) is 18.0. The number of nitrogens with two attached hydrogens (primary N) is 1. The molecule has 0 aromatic carbocycles. The van der Waals surface area contributed by atoms with Crippen LogP contribution in [0.2, 0.25) is 0 Å². The second-order valence-electron chi connectivity index (χ2n) is 1.87. The SMILES string of the molecule is C=C1C=CC(N)=CC1=O. The van der Waals surface area contributed by atoms with Crippen molar-refractivity contribution in [2.75, 3.05) is 0 Å². The lowest BCUT2D eigenvalue weighted by molar-refractivity contribution is -0.111. The maximum atomic E-state index is 10.7. The van der Waals surface area contributed by atoms with Crippen molar-refractivity contribution in [2.24, 2.45) is 5.73 Å². The minimum absolute atomic E-state index is 0.102. The molecule has 0 fully saturated rings. The van der Waals surface area contributed by atoms with Gasteiger partial charge in [0.1, 0.15) is 0 Å². The van der Waals surface area contributed by atoms with Gasteiger partial charge in [-0.1, -0.05) is 6.58 Å². The quantitative estimate of drug-likeness (QED) is 0.475. The van der Waals surface area contributed by atoms with E-state index in [0.717, 1.165) is 0 Å². The number of hydrogen-bond donors (Lipinski definition) is 1. The van der Waals surface area contributed by atoms with E-state index in [1.54, 1.807) is 12.2 Å². The van der Waals surface area contributed by atoms with Gasteiger partial charge in [-0.15, -0.1) is 0 Å². The molecule has 0 aromatic rings. The van der Waals surface area contributed by atoms with Gasteiger partial charge in [0.2, 0.25) is 0 Å². The Morgan fingerprint density at radius 1 is 1.44 bits per heavy atom. The minimum Gasteiger partial charge on any atom is -0.399 e. The van der Waals surface area contributed by atoms with E-state index in [1.807, 2.05) is 0 Å². The van der Waals surface area contributed by atoms with Crippen molar-refractivity contribution in [1.82, 2.24) is 0 Å². The molecule has 0 aliphatic heterocycles. The summed E-state index contributed by atoms with van der Waals surface area (Å²) in [6.07, 6.45) is 4.63. The highest BCUT2D eigenvalue weighted by atomic mass is 16.1. The molecule has 0 radical (unpaired) electrons. The van der Waals surface area contributed by atoms with Crippen molar-refractivity contribution in [3.63, 3.8) is 0 Å². The molecule has 1 aliphatic carbocycles. The lowest BCUT2D eigenvalue weighted by atomic mass is 10.1. The van der Waals surface area contributed by atoms with Gasteiger partial charge in [0.05, 0.1) is 0 Å². The van der Waals surface area contributed by atoms with E-state index < -0.39 is 0 Å². The van der Waals surface area contributed by atoms with Crippen LogP contribution >= 0.6 is 0 Å². The Hall–Kier alpha value is -1.31. The summed E-state index contributed by atoms with van der Waals surface area (Å²) in [5.74, 6) is -0.102. The zero-order valence-corrected chi connectivity index (χ0v) is 4.92. The number of hydrogen-bond acceptors (Lipinski definition) is 2. The first-order valence-corrected chi connectivity index (χ1v) is 2.58. The lowest BCUT2D eigenvalue weighted by Gasteiger charge is -2.00. The molecule has 2 nitrogen and oxygen atoms in total. The number of carbonyl (C=O) groups is 1. The van der Waals surface area contributed by atoms with Crippen molar-refractivity contribution in [3.8, 4) is 0 Å². The smallest absolute Gasteiger partial charge is 0.187 e. The van der Waals surface area contributed by atoms with Gasteiger partial charge in [0.25, 0.3) is 0 Å². The fraction of sp³-hybridized carbons (Fsp3) is 0. The standard InChI is InChI=1S/C7H7NO/c1-5-2-3-6(8)4-7(5)9/h2-4H,1,8H2. The number of ketones is 1. The Morgan fingerprint density at radius 3 is 2.56 bits per heavy atom. The molecule has 0 amide bonds. The first kappa shape index (κ1) is 5.82. The van der Waals surface area contributed by atoms with E-state index in [-0.39, 0.29) is 5.78 Å². The van der Waals surface area contributed by atoms with Crippen molar-refractivity contribution >= 4 is 5.78 Å². The minimum atomic E-state index is -0.102. The average molecular weight is 121 g/mol. The van der Waals surface area contributed by atoms with Crippen LogP contribution in [0.5, 0.6) is 0 Å². The molecular formula is C7H7NO. The number of carbonyl (C=O) groups excluding carboxylic acids is 1. The summed E-state index contributed by atoms with van der Waals surface area (Å²) in [7, 11) is 0. The fourth-order valence-corrected chi connectivity index (χ4v) is 0.571. The molecule has 9 heavy (non-hydrogen) atoms. The predicted molar refractivity (Wildman–Crippen MR) is 35.6 cm³/mol. The maximum absolute atomic E-state index is 10.7. The highest BCUT2D eigenvalue weighted by molar-refractivity contribution is 6.07. The Balaban J connectivity index is 2.95. The van der Waals surface area contributed by atoms with E-state index in [1.165, 1.54) is 6.08 Å².